The van der Waals surface area contributed by atoms with Crippen LogP contribution in [0.2, 0.25) is 0 Å². The number of fused-ring (bicyclic) bond motifs is 6. The summed E-state index contributed by atoms with van der Waals surface area (Å²) in [5, 5.41) is 4.40. The second-order valence-electron chi connectivity index (χ2n) is 14.0. The maximum absolute atomic E-state index is 6.55. The Morgan fingerprint density at radius 3 is 1.66 bits per heavy atom. The number of rotatable bonds is 6. The van der Waals surface area contributed by atoms with Crippen LogP contribution in [-0.4, -0.2) is 19.5 Å². The molecule has 0 spiro atoms. The Hall–Kier alpha value is -7.63. The van der Waals surface area contributed by atoms with Crippen LogP contribution in [0.1, 0.15) is 0 Å². The van der Waals surface area contributed by atoms with Crippen molar-refractivity contribution in [3.05, 3.63) is 194 Å². The molecule has 0 bridgehead atoms. The van der Waals surface area contributed by atoms with Gasteiger partial charge in [-0.15, -0.1) is 0 Å². The van der Waals surface area contributed by atoms with E-state index in [-0.39, 0.29) is 0 Å². The van der Waals surface area contributed by atoms with Gasteiger partial charge in [0, 0.05) is 32.7 Å². The van der Waals surface area contributed by atoms with Gasteiger partial charge in [0.05, 0.1) is 11.0 Å². The van der Waals surface area contributed by atoms with Crippen molar-refractivity contribution in [2.45, 2.75) is 0 Å². The molecule has 0 saturated heterocycles. The molecule has 0 aliphatic carbocycles. The third kappa shape index (κ3) is 5.37. The summed E-state index contributed by atoms with van der Waals surface area (Å²) < 4.78 is 8.72. The summed E-state index contributed by atoms with van der Waals surface area (Å²) in [6.45, 7) is 0. The molecule has 56 heavy (non-hydrogen) atoms. The fourth-order valence-corrected chi connectivity index (χ4v) is 8.02. The number of para-hydroxylation sites is 2. The maximum Gasteiger partial charge on any atom is 0.238 e. The topological polar surface area (TPSA) is 56.7 Å². The lowest BCUT2D eigenvalue weighted by Gasteiger charge is -2.13. The van der Waals surface area contributed by atoms with Crippen molar-refractivity contribution in [2.75, 3.05) is 0 Å². The molecule has 0 N–H and O–H groups in total. The minimum Gasteiger partial charge on any atom is -0.456 e. The van der Waals surface area contributed by atoms with Gasteiger partial charge < -0.3 is 4.42 Å². The predicted molar refractivity (Wildman–Crippen MR) is 229 cm³/mol. The van der Waals surface area contributed by atoms with Crippen molar-refractivity contribution >= 4 is 43.7 Å². The molecule has 5 heteroatoms. The fourth-order valence-electron chi connectivity index (χ4n) is 8.02. The van der Waals surface area contributed by atoms with Crippen LogP contribution in [0.25, 0.3) is 106 Å². The van der Waals surface area contributed by atoms with Crippen LogP contribution in [0.5, 0.6) is 0 Å². The van der Waals surface area contributed by atoms with E-state index in [1.54, 1.807) is 0 Å². The number of benzene rings is 8. The van der Waals surface area contributed by atoms with Gasteiger partial charge in [0.25, 0.3) is 0 Å². The molecule has 5 nitrogen and oxygen atoms in total. The molecule has 262 valence electrons. The summed E-state index contributed by atoms with van der Waals surface area (Å²) in [6.07, 6.45) is 0. The normalized spacial score (nSPS) is 11.6. The summed E-state index contributed by atoms with van der Waals surface area (Å²) in [6, 6.07) is 67.4. The molecule has 0 saturated carbocycles. The quantitative estimate of drug-likeness (QED) is 0.172. The first-order valence-corrected chi connectivity index (χ1v) is 18.8. The van der Waals surface area contributed by atoms with Crippen molar-refractivity contribution in [1.29, 1.82) is 0 Å². The second-order valence-corrected chi connectivity index (χ2v) is 14.0. The highest BCUT2D eigenvalue weighted by molar-refractivity contribution is 6.14. The number of aromatic nitrogens is 4. The summed E-state index contributed by atoms with van der Waals surface area (Å²) in [5.74, 6) is 1.68. The Morgan fingerprint density at radius 1 is 0.339 bits per heavy atom. The Morgan fingerprint density at radius 2 is 0.911 bits per heavy atom. The summed E-state index contributed by atoms with van der Waals surface area (Å²) >= 11 is 0. The number of nitrogens with zero attached hydrogens (tertiary/aromatic N) is 4. The lowest BCUT2D eigenvalue weighted by molar-refractivity contribution is 0.669. The summed E-state index contributed by atoms with van der Waals surface area (Å²) in [4.78, 5) is 15.9. The molecule has 0 aliphatic rings. The van der Waals surface area contributed by atoms with Crippen LogP contribution in [0.15, 0.2) is 199 Å². The smallest absolute Gasteiger partial charge is 0.238 e. The van der Waals surface area contributed by atoms with Gasteiger partial charge >= 0.3 is 0 Å². The van der Waals surface area contributed by atoms with Crippen LogP contribution in [0.3, 0.4) is 0 Å². The van der Waals surface area contributed by atoms with Gasteiger partial charge in [-0.3, -0.25) is 4.57 Å². The molecule has 0 fully saturated rings. The van der Waals surface area contributed by atoms with E-state index in [1.165, 1.54) is 5.56 Å². The average molecular weight is 717 g/mol. The van der Waals surface area contributed by atoms with E-state index in [0.29, 0.717) is 17.6 Å². The largest absolute Gasteiger partial charge is 0.456 e. The second kappa shape index (κ2) is 13.0. The first-order valence-electron chi connectivity index (χ1n) is 18.8. The zero-order valence-corrected chi connectivity index (χ0v) is 30.2. The molecule has 11 aromatic rings. The highest BCUT2D eigenvalue weighted by atomic mass is 16.3. The van der Waals surface area contributed by atoms with E-state index in [1.807, 2.05) is 30.3 Å². The predicted octanol–water partition coefficient (Wildman–Crippen LogP) is 13.2. The van der Waals surface area contributed by atoms with E-state index in [2.05, 4.69) is 168 Å². The summed E-state index contributed by atoms with van der Waals surface area (Å²) in [7, 11) is 0. The Bertz CT molecular complexity index is 3240. The van der Waals surface area contributed by atoms with Crippen LogP contribution in [0.4, 0.5) is 0 Å². The lowest BCUT2D eigenvalue weighted by atomic mass is 9.97. The Balaban J connectivity index is 1.18. The maximum atomic E-state index is 6.55. The van der Waals surface area contributed by atoms with Gasteiger partial charge in [0.15, 0.2) is 11.6 Å². The van der Waals surface area contributed by atoms with Crippen molar-refractivity contribution in [2.24, 2.45) is 0 Å². The number of hydrogen-bond donors (Lipinski definition) is 0. The third-order valence-corrected chi connectivity index (χ3v) is 10.7. The van der Waals surface area contributed by atoms with Crippen LogP contribution < -0.4 is 0 Å². The van der Waals surface area contributed by atoms with Gasteiger partial charge in [-0.25, -0.2) is 4.98 Å². The van der Waals surface area contributed by atoms with Crippen molar-refractivity contribution in [3.8, 4) is 62.1 Å². The van der Waals surface area contributed by atoms with E-state index >= 15 is 0 Å². The van der Waals surface area contributed by atoms with Crippen LogP contribution in [0, 0.1) is 0 Å². The van der Waals surface area contributed by atoms with Gasteiger partial charge in [-0.2, -0.15) is 9.97 Å². The molecule has 0 atom stereocenters. The van der Waals surface area contributed by atoms with Gasteiger partial charge in [-0.05, 0) is 75.8 Å². The van der Waals surface area contributed by atoms with E-state index in [4.69, 9.17) is 19.4 Å². The molecule has 0 radical (unpaired) electrons. The summed E-state index contributed by atoms with van der Waals surface area (Å²) in [5.41, 5.74) is 12.1. The minimum atomic E-state index is 0.541. The molecule has 11 rings (SSSR count). The molecular weight excluding hydrogens is 685 g/mol. The molecule has 3 heterocycles. The molecule has 3 aromatic heterocycles. The minimum absolute atomic E-state index is 0.541. The van der Waals surface area contributed by atoms with Gasteiger partial charge in [0.1, 0.15) is 11.2 Å². The molecule has 0 aliphatic heterocycles. The first-order chi connectivity index (χ1) is 27.7. The molecule has 8 aromatic carbocycles. The Labute approximate surface area is 322 Å². The Kier molecular flexibility index (Phi) is 7.42. The molecule has 0 unspecified atom stereocenters. The monoisotopic (exact) mass is 716 g/mol. The fraction of sp³-hybridized carbons (Fsp3) is 0. The van der Waals surface area contributed by atoms with Crippen molar-refractivity contribution < 1.29 is 4.42 Å². The first kappa shape index (κ1) is 31.9. The average Bonchev–Trinajstić information content (AvgIpc) is 3.82. The zero-order valence-electron chi connectivity index (χ0n) is 30.2. The zero-order chi connectivity index (χ0) is 37.0. The van der Waals surface area contributed by atoms with Gasteiger partial charge in [-0.1, -0.05) is 152 Å². The van der Waals surface area contributed by atoms with E-state index in [9.17, 15) is 0 Å². The lowest BCUT2D eigenvalue weighted by Crippen LogP contribution is -2.06. The number of hydrogen-bond acceptors (Lipinski definition) is 4. The van der Waals surface area contributed by atoms with E-state index < -0.39 is 0 Å². The standard InChI is InChI=1S/C51H32N4O/c1-4-15-33(16-5-1)36-21-14-22-38(29-36)49-52-50(39-31-42(35-19-8-3-9-20-35)48-41-24-11-13-26-46(41)56-47(48)32-39)54-51(53-49)55-44-25-12-10-23-40(44)43-30-37(27-28-45(43)55)34-17-6-2-7-18-34/h1-32H. The van der Waals surface area contributed by atoms with Crippen molar-refractivity contribution in [3.63, 3.8) is 0 Å². The van der Waals surface area contributed by atoms with E-state index in [0.717, 1.165) is 82.7 Å². The molecule has 0 amide bonds. The number of furan rings is 1. The van der Waals surface area contributed by atoms with Crippen LogP contribution >= 0.6 is 0 Å². The van der Waals surface area contributed by atoms with Crippen LogP contribution in [-0.2, 0) is 0 Å². The third-order valence-electron chi connectivity index (χ3n) is 10.7. The SMILES string of the molecule is c1ccc(-c2cccc(-c3nc(-c4cc(-c5ccccc5)c5c(c4)oc4ccccc45)nc(-n4c5ccccc5c5cc(-c6ccccc6)ccc54)n3)c2)cc1. The van der Waals surface area contributed by atoms with Gasteiger partial charge in [0.2, 0.25) is 5.95 Å². The van der Waals surface area contributed by atoms with Crippen molar-refractivity contribution in [1.82, 2.24) is 19.5 Å². The molecular formula is C51H32N4O. The highest BCUT2D eigenvalue weighted by Crippen LogP contribution is 2.41. The highest BCUT2D eigenvalue weighted by Gasteiger charge is 2.21.